The van der Waals surface area contributed by atoms with Gasteiger partial charge in [0, 0.05) is 12.5 Å². The van der Waals surface area contributed by atoms with Crippen molar-refractivity contribution in [3.8, 4) is 5.75 Å². The fourth-order valence-electron chi connectivity index (χ4n) is 2.11. The van der Waals surface area contributed by atoms with E-state index in [1.807, 2.05) is 24.3 Å². The molecular weight excluding hydrogens is 282 g/mol. The van der Waals surface area contributed by atoms with Gasteiger partial charge in [0.1, 0.15) is 11.5 Å². The summed E-state index contributed by atoms with van der Waals surface area (Å²) in [4.78, 5) is 16.0. The summed E-state index contributed by atoms with van der Waals surface area (Å²) in [5, 5.41) is 0. The lowest BCUT2D eigenvalue weighted by atomic mass is 10.1. The van der Waals surface area contributed by atoms with Crippen molar-refractivity contribution in [3.05, 3.63) is 59.7 Å². The molecule has 1 aromatic heterocycles. The van der Waals surface area contributed by atoms with E-state index in [4.69, 9.17) is 13.9 Å². The highest BCUT2D eigenvalue weighted by Crippen LogP contribution is 2.19. The SMILES string of the molecule is COc1ccc(CCC2=N/C(=C/c3ccco3)C(=O)O2)cc1. The normalized spacial score (nSPS) is 15.8. The van der Waals surface area contributed by atoms with Crippen LogP contribution in [0.5, 0.6) is 5.75 Å². The van der Waals surface area contributed by atoms with Crippen molar-refractivity contribution in [3.63, 3.8) is 0 Å². The fraction of sp³-hybridized carbons (Fsp3) is 0.176. The molecule has 0 bridgehead atoms. The lowest BCUT2D eigenvalue weighted by Crippen LogP contribution is -2.05. The van der Waals surface area contributed by atoms with Crippen molar-refractivity contribution in [2.24, 2.45) is 4.99 Å². The summed E-state index contributed by atoms with van der Waals surface area (Å²) < 4.78 is 15.4. The Morgan fingerprint density at radius 2 is 2.00 bits per heavy atom. The molecule has 3 rings (SSSR count). The maximum Gasteiger partial charge on any atom is 0.363 e. The molecule has 5 heteroatoms. The summed E-state index contributed by atoms with van der Waals surface area (Å²) in [7, 11) is 1.63. The minimum Gasteiger partial charge on any atom is -0.497 e. The molecule has 1 aliphatic rings. The molecule has 22 heavy (non-hydrogen) atoms. The van der Waals surface area contributed by atoms with Gasteiger partial charge in [0.15, 0.2) is 11.6 Å². The average Bonchev–Trinajstić information content (AvgIpc) is 3.17. The van der Waals surface area contributed by atoms with E-state index < -0.39 is 5.97 Å². The van der Waals surface area contributed by atoms with Crippen LogP contribution < -0.4 is 4.74 Å². The van der Waals surface area contributed by atoms with Crippen LogP contribution >= 0.6 is 0 Å². The van der Waals surface area contributed by atoms with Gasteiger partial charge >= 0.3 is 5.97 Å². The maximum absolute atomic E-state index is 11.7. The summed E-state index contributed by atoms with van der Waals surface area (Å²) in [6, 6.07) is 11.3. The quantitative estimate of drug-likeness (QED) is 0.628. The molecule has 0 amide bonds. The predicted molar refractivity (Wildman–Crippen MR) is 81.5 cm³/mol. The number of ether oxygens (including phenoxy) is 2. The zero-order chi connectivity index (χ0) is 15.4. The number of carbonyl (C=O) groups excluding carboxylic acids is 1. The lowest BCUT2D eigenvalue weighted by molar-refractivity contribution is -0.130. The molecule has 0 atom stereocenters. The third kappa shape index (κ3) is 3.25. The molecule has 5 nitrogen and oxygen atoms in total. The number of aryl methyl sites for hydroxylation is 1. The number of nitrogens with zero attached hydrogens (tertiary/aromatic N) is 1. The van der Waals surface area contributed by atoms with E-state index in [-0.39, 0.29) is 5.70 Å². The predicted octanol–water partition coefficient (Wildman–Crippen LogP) is 3.22. The molecule has 0 N–H and O–H groups in total. The lowest BCUT2D eigenvalue weighted by Gasteiger charge is -2.03. The summed E-state index contributed by atoms with van der Waals surface area (Å²) in [5.74, 6) is 1.38. The van der Waals surface area contributed by atoms with Crippen molar-refractivity contribution in [1.82, 2.24) is 0 Å². The Balaban J connectivity index is 1.64. The van der Waals surface area contributed by atoms with Crippen LogP contribution in [0, 0.1) is 0 Å². The summed E-state index contributed by atoms with van der Waals surface area (Å²) in [5.41, 5.74) is 1.39. The molecule has 2 aromatic rings. The van der Waals surface area contributed by atoms with Crippen molar-refractivity contribution in [2.75, 3.05) is 7.11 Å². The molecule has 0 spiro atoms. The first-order valence-corrected chi connectivity index (χ1v) is 6.92. The van der Waals surface area contributed by atoms with Gasteiger partial charge in [0.2, 0.25) is 0 Å². The second-order valence-electron chi connectivity index (χ2n) is 4.79. The Bertz CT molecular complexity index is 712. The van der Waals surface area contributed by atoms with E-state index in [1.54, 1.807) is 31.6 Å². The first-order valence-electron chi connectivity index (χ1n) is 6.92. The number of esters is 1. The molecule has 0 aliphatic carbocycles. The minimum absolute atomic E-state index is 0.264. The zero-order valence-electron chi connectivity index (χ0n) is 12.1. The highest BCUT2D eigenvalue weighted by Gasteiger charge is 2.22. The molecular formula is C17H15NO4. The standard InChI is InChI=1S/C17H15NO4/c1-20-13-7-4-12(5-8-13)6-9-16-18-15(17(19)22-16)11-14-3-2-10-21-14/h2-5,7-8,10-11H,6,9H2,1H3/b15-11+. The third-order valence-corrected chi connectivity index (χ3v) is 3.27. The van der Waals surface area contributed by atoms with Crippen LogP contribution in [-0.4, -0.2) is 19.0 Å². The van der Waals surface area contributed by atoms with Crippen LogP contribution in [0.4, 0.5) is 0 Å². The van der Waals surface area contributed by atoms with Gasteiger partial charge < -0.3 is 13.9 Å². The number of aliphatic imine (C=N–C) groups is 1. The highest BCUT2D eigenvalue weighted by molar-refractivity contribution is 6.07. The summed E-state index contributed by atoms with van der Waals surface area (Å²) in [6.07, 6.45) is 4.42. The third-order valence-electron chi connectivity index (χ3n) is 3.27. The van der Waals surface area contributed by atoms with E-state index in [0.717, 1.165) is 17.7 Å². The Labute approximate surface area is 127 Å². The average molecular weight is 297 g/mol. The van der Waals surface area contributed by atoms with Gasteiger partial charge in [-0.3, -0.25) is 0 Å². The number of carbonyl (C=O) groups is 1. The second-order valence-corrected chi connectivity index (χ2v) is 4.79. The molecule has 0 unspecified atom stereocenters. The topological polar surface area (TPSA) is 61.0 Å². The number of methoxy groups -OCH3 is 1. The highest BCUT2D eigenvalue weighted by atomic mass is 16.6. The zero-order valence-corrected chi connectivity index (χ0v) is 12.1. The van der Waals surface area contributed by atoms with Gasteiger partial charge in [-0.25, -0.2) is 9.79 Å². The first kappa shape index (κ1) is 14.1. The minimum atomic E-state index is -0.443. The van der Waals surface area contributed by atoms with Crippen LogP contribution in [0.25, 0.3) is 6.08 Å². The molecule has 1 aliphatic heterocycles. The first-order chi connectivity index (χ1) is 10.7. The number of hydrogen-bond donors (Lipinski definition) is 0. The number of rotatable bonds is 5. The molecule has 2 heterocycles. The summed E-state index contributed by atoms with van der Waals surface area (Å²) in [6.45, 7) is 0. The molecule has 0 saturated heterocycles. The van der Waals surface area contributed by atoms with Gasteiger partial charge in [-0.15, -0.1) is 0 Å². The molecule has 1 aromatic carbocycles. The van der Waals surface area contributed by atoms with Crippen molar-refractivity contribution in [1.29, 1.82) is 0 Å². The smallest absolute Gasteiger partial charge is 0.363 e. The van der Waals surface area contributed by atoms with Gasteiger partial charge in [-0.05, 0) is 36.2 Å². The number of furan rings is 1. The van der Waals surface area contributed by atoms with Crippen LogP contribution in [0.1, 0.15) is 17.7 Å². The van der Waals surface area contributed by atoms with Gasteiger partial charge in [-0.1, -0.05) is 12.1 Å². The van der Waals surface area contributed by atoms with Crippen molar-refractivity contribution >= 4 is 17.9 Å². The van der Waals surface area contributed by atoms with Gasteiger partial charge in [0.05, 0.1) is 13.4 Å². The van der Waals surface area contributed by atoms with Crippen molar-refractivity contribution < 1.29 is 18.7 Å². The second kappa shape index (κ2) is 6.30. The van der Waals surface area contributed by atoms with E-state index >= 15 is 0 Å². The molecule has 0 fully saturated rings. The van der Waals surface area contributed by atoms with Crippen molar-refractivity contribution in [2.45, 2.75) is 12.8 Å². The fourth-order valence-corrected chi connectivity index (χ4v) is 2.11. The van der Waals surface area contributed by atoms with E-state index in [0.29, 0.717) is 18.1 Å². The number of hydrogen-bond acceptors (Lipinski definition) is 5. The van der Waals surface area contributed by atoms with Gasteiger partial charge in [-0.2, -0.15) is 0 Å². The monoisotopic (exact) mass is 297 g/mol. The molecule has 0 saturated carbocycles. The van der Waals surface area contributed by atoms with E-state index in [2.05, 4.69) is 4.99 Å². The van der Waals surface area contributed by atoms with Crippen LogP contribution in [0.2, 0.25) is 0 Å². The largest absolute Gasteiger partial charge is 0.497 e. The maximum atomic E-state index is 11.7. The molecule has 112 valence electrons. The Kier molecular flexibility index (Phi) is 4.05. The van der Waals surface area contributed by atoms with E-state index in [1.165, 1.54) is 0 Å². The Morgan fingerprint density at radius 1 is 1.18 bits per heavy atom. The van der Waals surface area contributed by atoms with Crippen LogP contribution in [0.15, 0.2) is 57.8 Å². The molecule has 0 radical (unpaired) electrons. The van der Waals surface area contributed by atoms with Crippen LogP contribution in [-0.2, 0) is 16.0 Å². The summed E-state index contributed by atoms with van der Waals surface area (Å²) >= 11 is 0. The van der Waals surface area contributed by atoms with Gasteiger partial charge in [0.25, 0.3) is 0 Å². The Morgan fingerprint density at radius 3 is 2.68 bits per heavy atom. The number of benzene rings is 1. The van der Waals surface area contributed by atoms with Crippen LogP contribution in [0.3, 0.4) is 0 Å². The van der Waals surface area contributed by atoms with E-state index in [9.17, 15) is 4.79 Å². The number of cyclic esters (lactones) is 1. The Hall–Kier alpha value is -2.82.